The fraction of sp³-hybridized carbons (Fsp3) is 0.538. The molecule has 2 unspecified atom stereocenters. The molecule has 3 nitrogen and oxygen atoms in total. The van der Waals surface area contributed by atoms with Crippen molar-refractivity contribution in [2.45, 2.75) is 26.0 Å². The van der Waals surface area contributed by atoms with Gasteiger partial charge in [-0.2, -0.15) is 0 Å². The SMILES string of the molecule is CC(C)C(CO)NCC(O)c1ccc(F)cc1F. The van der Waals surface area contributed by atoms with Crippen LogP contribution in [0.25, 0.3) is 0 Å². The average molecular weight is 259 g/mol. The molecule has 0 aliphatic carbocycles. The van der Waals surface area contributed by atoms with Crippen molar-refractivity contribution < 1.29 is 19.0 Å². The third-order valence-electron chi connectivity index (χ3n) is 2.90. The molecule has 0 amide bonds. The fourth-order valence-electron chi connectivity index (χ4n) is 1.66. The zero-order valence-corrected chi connectivity index (χ0v) is 10.5. The highest BCUT2D eigenvalue weighted by Gasteiger charge is 2.17. The van der Waals surface area contributed by atoms with Gasteiger partial charge in [0.05, 0.1) is 12.7 Å². The first-order valence-electron chi connectivity index (χ1n) is 5.93. The van der Waals surface area contributed by atoms with Crippen LogP contribution in [0.15, 0.2) is 18.2 Å². The van der Waals surface area contributed by atoms with Gasteiger partial charge in [-0.3, -0.25) is 0 Å². The molecule has 1 rings (SSSR count). The Balaban J connectivity index is 2.62. The van der Waals surface area contributed by atoms with Crippen molar-refractivity contribution in [2.24, 2.45) is 5.92 Å². The van der Waals surface area contributed by atoms with Crippen LogP contribution in [-0.2, 0) is 0 Å². The number of nitrogens with one attached hydrogen (secondary N) is 1. The largest absolute Gasteiger partial charge is 0.395 e. The Morgan fingerprint density at radius 1 is 1.28 bits per heavy atom. The van der Waals surface area contributed by atoms with Gasteiger partial charge in [-0.25, -0.2) is 8.78 Å². The first-order chi connectivity index (χ1) is 8.45. The quantitative estimate of drug-likeness (QED) is 0.727. The summed E-state index contributed by atoms with van der Waals surface area (Å²) in [5.41, 5.74) is 0.0457. The van der Waals surface area contributed by atoms with Crippen LogP contribution < -0.4 is 5.32 Å². The normalized spacial score (nSPS) is 14.8. The Hall–Kier alpha value is -1.04. The second-order valence-electron chi connectivity index (χ2n) is 4.62. The lowest BCUT2D eigenvalue weighted by atomic mass is 10.0. The topological polar surface area (TPSA) is 52.5 Å². The lowest BCUT2D eigenvalue weighted by molar-refractivity contribution is 0.145. The molecule has 0 radical (unpaired) electrons. The molecule has 0 aromatic heterocycles. The van der Waals surface area contributed by atoms with E-state index in [2.05, 4.69) is 5.32 Å². The third-order valence-corrected chi connectivity index (χ3v) is 2.90. The number of rotatable bonds is 6. The zero-order chi connectivity index (χ0) is 13.7. The van der Waals surface area contributed by atoms with E-state index in [0.29, 0.717) is 0 Å². The molecule has 0 spiro atoms. The molecule has 1 aromatic rings. The molecule has 0 fully saturated rings. The second kappa shape index (κ2) is 6.78. The molecule has 102 valence electrons. The zero-order valence-electron chi connectivity index (χ0n) is 10.5. The van der Waals surface area contributed by atoms with E-state index in [0.717, 1.165) is 12.1 Å². The standard InChI is InChI=1S/C13H19F2NO2/c1-8(2)12(7-17)16-6-13(18)10-4-3-9(14)5-11(10)15/h3-5,8,12-13,16-18H,6-7H2,1-2H3. The lowest BCUT2D eigenvalue weighted by Gasteiger charge is -2.22. The van der Waals surface area contributed by atoms with E-state index in [1.54, 1.807) is 0 Å². The molecular weight excluding hydrogens is 240 g/mol. The van der Waals surface area contributed by atoms with Gasteiger partial charge in [0.25, 0.3) is 0 Å². The highest BCUT2D eigenvalue weighted by molar-refractivity contribution is 5.21. The third kappa shape index (κ3) is 4.01. The van der Waals surface area contributed by atoms with Gasteiger partial charge in [-0.1, -0.05) is 19.9 Å². The maximum atomic E-state index is 13.4. The maximum Gasteiger partial charge on any atom is 0.131 e. The Morgan fingerprint density at radius 3 is 2.44 bits per heavy atom. The minimum absolute atomic E-state index is 0.0457. The van der Waals surface area contributed by atoms with Gasteiger partial charge in [0.1, 0.15) is 11.6 Å². The summed E-state index contributed by atoms with van der Waals surface area (Å²) in [5, 5.41) is 21.9. The summed E-state index contributed by atoms with van der Waals surface area (Å²) in [5.74, 6) is -1.25. The van der Waals surface area contributed by atoms with E-state index in [4.69, 9.17) is 5.11 Å². The smallest absolute Gasteiger partial charge is 0.131 e. The van der Waals surface area contributed by atoms with Crippen LogP contribution in [0, 0.1) is 17.6 Å². The van der Waals surface area contributed by atoms with Crippen LogP contribution in [0.2, 0.25) is 0 Å². The number of aliphatic hydroxyl groups excluding tert-OH is 2. The second-order valence-corrected chi connectivity index (χ2v) is 4.62. The van der Waals surface area contributed by atoms with Crippen LogP contribution >= 0.6 is 0 Å². The molecule has 0 saturated carbocycles. The van der Waals surface area contributed by atoms with Crippen LogP contribution in [0.1, 0.15) is 25.5 Å². The number of hydrogen-bond donors (Lipinski definition) is 3. The van der Waals surface area contributed by atoms with E-state index < -0.39 is 17.7 Å². The fourth-order valence-corrected chi connectivity index (χ4v) is 1.66. The van der Waals surface area contributed by atoms with Crippen molar-refractivity contribution in [1.29, 1.82) is 0 Å². The van der Waals surface area contributed by atoms with Gasteiger partial charge >= 0.3 is 0 Å². The van der Waals surface area contributed by atoms with E-state index in [1.165, 1.54) is 6.07 Å². The van der Waals surface area contributed by atoms with Crippen molar-refractivity contribution in [3.05, 3.63) is 35.4 Å². The van der Waals surface area contributed by atoms with E-state index in [9.17, 15) is 13.9 Å². The predicted octanol–water partition coefficient (Wildman–Crippen LogP) is 1.60. The number of halogens is 2. The van der Waals surface area contributed by atoms with Crippen LogP contribution in [-0.4, -0.2) is 29.4 Å². The van der Waals surface area contributed by atoms with E-state index in [1.807, 2.05) is 13.8 Å². The van der Waals surface area contributed by atoms with Crippen molar-refractivity contribution in [2.75, 3.05) is 13.2 Å². The molecule has 5 heteroatoms. The summed E-state index contributed by atoms with van der Waals surface area (Å²) in [6.07, 6.45) is -1.07. The Labute approximate surface area is 105 Å². The Kier molecular flexibility index (Phi) is 5.65. The van der Waals surface area contributed by atoms with Gasteiger partial charge in [0, 0.05) is 24.2 Å². The molecule has 1 aromatic carbocycles. The number of benzene rings is 1. The van der Waals surface area contributed by atoms with Gasteiger partial charge < -0.3 is 15.5 Å². The minimum Gasteiger partial charge on any atom is -0.395 e. The van der Waals surface area contributed by atoms with Crippen LogP contribution in [0.5, 0.6) is 0 Å². The summed E-state index contributed by atoms with van der Waals surface area (Å²) in [6, 6.07) is 2.90. The summed E-state index contributed by atoms with van der Waals surface area (Å²) in [7, 11) is 0. The molecule has 0 bridgehead atoms. The number of hydrogen-bond acceptors (Lipinski definition) is 3. The van der Waals surface area contributed by atoms with Crippen molar-refractivity contribution in [1.82, 2.24) is 5.32 Å². The molecular formula is C13H19F2NO2. The van der Waals surface area contributed by atoms with Crippen molar-refractivity contribution in [3.8, 4) is 0 Å². The van der Waals surface area contributed by atoms with E-state index in [-0.39, 0.29) is 30.7 Å². The highest BCUT2D eigenvalue weighted by Crippen LogP contribution is 2.17. The first-order valence-corrected chi connectivity index (χ1v) is 5.93. The van der Waals surface area contributed by atoms with Crippen molar-refractivity contribution >= 4 is 0 Å². The van der Waals surface area contributed by atoms with Crippen LogP contribution in [0.4, 0.5) is 8.78 Å². The molecule has 3 N–H and O–H groups in total. The molecule has 0 aliphatic rings. The predicted molar refractivity (Wildman–Crippen MR) is 65.0 cm³/mol. The molecule has 18 heavy (non-hydrogen) atoms. The summed E-state index contributed by atoms with van der Waals surface area (Å²) < 4.78 is 26.1. The maximum absolute atomic E-state index is 13.4. The highest BCUT2D eigenvalue weighted by atomic mass is 19.1. The van der Waals surface area contributed by atoms with Crippen molar-refractivity contribution in [3.63, 3.8) is 0 Å². The first kappa shape index (κ1) is 15.0. The molecule has 0 saturated heterocycles. The minimum atomic E-state index is -1.07. The Bertz CT molecular complexity index is 385. The lowest BCUT2D eigenvalue weighted by Crippen LogP contribution is -2.39. The van der Waals surface area contributed by atoms with Crippen LogP contribution in [0.3, 0.4) is 0 Å². The molecule has 0 aliphatic heterocycles. The van der Waals surface area contributed by atoms with Gasteiger partial charge in [-0.05, 0) is 12.0 Å². The average Bonchev–Trinajstić information content (AvgIpc) is 2.28. The van der Waals surface area contributed by atoms with Gasteiger partial charge in [0.15, 0.2) is 0 Å². The summed E-state index contributed by atoms with van der Waals surface area (Å²) >= 11 is 0. The van der Waals surface area contributed by atoms with Gasteiger partial charge in [0.2, 0.25) is 0 Å². The molecule has 2 atom stereocenters. The Morgan fingerprint density at radius 2 is 1.94 bits per heavy atom. The van der Waals surface area contributed by atoms with Gasteiger partial charge in [-0.15, -0.1) is 0 Å². The molecule has 0 heterocycles. The summed E-state index contributed by atoms with van der Waals surface area (Å²) in [6.45, 7) is 3.90. The number of aliphatic hydroxyl groups is 2. The monoisotopic (exact) mass is 259 g/mol. The van der Waals surface area contributed by atoms with E-state index >= 15 is 0 Å². The summed E-state index contributed by atoms with van der Waals surface area (Å²) in [4.78, 5) is 0.